The van der Waals surface area contributed by atoms with E-state index in [-0.39, 0.29) is 12.5 Å². The van der Waals surface area contributed by atoms with Crippen LogP contribution in [-0.2, 0) is 14.3 Å². The summed E-state index contributed by atoms with van der Waals surface area (Å²) >= 11 is 0. The quantitative estimate of drug-likeness (QED) is 0.481. The number of benzene rings is 1. The Labute approximate surface area is 164 Å². The van der Waals surface area contributed by atoms with Crippen molar-refractivity contribution in [1.82, 2.24) is 4.90 Å². The number of hydrogen-bond donors (Lipinski definition) is 1. The number of methoxy groups -OCH3 is 1. The van der Waals surface area contributed by atoms with Gasteiger partial charge in [0.25, 0.3) is 5.91 Å². The van der Waals surface area contributed by atoms with Crippen LogP contribution in [0, 0.1) is 0 Å². The highest BCUT2D eigenvalue weighted by Gasteiger charge is 2.45. The van der Waals surface area contributed by atoms with Crippen molar-refractivity contribution in [3.63, 3.8) is 0 Å². The van der Waals surface area contributed by atoms with Crippen LogP contribution in [-0.4, -0.2) is 47.0 Å². The van der Waals surface area contributed by atoms with Crippen molar-refractivity contribution >= 4 is 17.8 Å². The molecule has 6 nitrogen and oxygen atoms in total. The number of carboxylic acid groups (broad SMARTS) is 1. The fourth-order valence-corrected chi connectivity index (χ4v) is 3.00. The van der Waals surface area contributed by atoms with Gasteiger partial charge in [-0.1, -0.05) is 42.5 Å². The zero-order valence-electron chi connectivity index (χ0n) is 16.1. The van der Waals surface area contributed by atoms with Crippen LogP contribution in [0.3, 0.4) is 0 Å². The molecule has 1 aromatic carbocycles. The Morgan fingerprint density at radius 1 is 1.18 bits per heavy atom. The van der Waals surface area contributed by atoms with Crippen molar-refractivity contribution in [3.8, 4) is 0 Å². The van der Waals surface area contributed by atoms with Gasteiger partial charge in [0, 0.05) is 18.2 Å². The molecular formula is C22H23NO5. The van der Waals surface area contributed by atoms with Gasteiger partial charge in [-0.2, -0.15) is 0 Å². The van der Waals surface area contributed by atoms with Crippen LogP contribution < -0.4 is 0 Å². The van der Waals surface area contributed by atoms with E-state index in [9.17, 15) is 14.4 Å². The molecule has 6 heteroatoms. The Morgan fingerprint density at radius 2 is 1.86 bits per heavy atom. The van der Waals surface area contributed by atoms with E-state index >= 15 is 0 Å². The highest BCUT2D eigenvalue weighted by molar-refractivity contribution is 5.99. The van der Waals surface area contributed by atoms with Crippen LogP contribution >= 0.6 is 0 Å². The Balaban J connectivity index is 2.50. The lowest BCUT2D eigenvalue weighted by molar-refractivity contribution is -0.149. The summed E-state index contributed by atoms with van der Waals surface area (Å²) in [4.78, 5) is 37.8. The first-order valence-electron chi connectivity index (χ1n) is 8.75. The second kappa shape index (κ2) is 8.99. The summed E-state index contributed by atoms with van der Waals surface area (Å²) in [5.41, 5.74) is 0.739. The summed E-state index contributed by atoms with van der Waals surface area (Å²) in [5, 5.41) is 8.69. The van der Waals surface area contributed by atoms with Crippen molar-refractivity contribution in [3.05, 3.63) is 83.5 Å². The molecule has 1 aromatic rings. The molecular weight excluding hydrogens is 358 g/mol. The average molecular weight is 381 g/mol. The number of nitrogens with zero attached hydrogens (tertiary/aromatic N) is 1. The summed E-state index contributed by atoms with van der Waals surface area (Å²) in [7, 11) is 1.28. The van der Waals surface area contributed by atoms with E-state index in [1.54, 1.807) is 49.4 Å². The largest absolute Gasteiger partial charge is 0.478 e. The summed E-state index contributed by atoms with van der Waals surface area (Å²) < 4.78 is 4.97. The lowest BCUT2D eigenvalue weighted by Gasteiger charge is -2.41. The maximum absolute atomic E-state index is 13.1. The van der Waals surface area contributed by atoms with E-state index in [1.807, 2.05) is 19.1 Å². The first-order chi connectivity index (χ1) is 13.3. The number of ether oxygens (including phenoxy) is 1. The molecule has 0 saturated carbocycles. The normalized spacial score (nSPS) is 21.2. The van der Waals surface area contributed by atoms with Gasteiger partial charge in [-0.25, -0.2) is 9.59 Å². The van der Waals surface area contributed by atoms with Gasteiger partial charge < -0.3 is 14.7 Å². The van der Waals surface area contributed by atoms with Crippen molar-refractivity contribution in [1.29, 1.82) is 0 Å². The zero-order valence-corrected chi connectivity index (χ0v) is 16.1. The SMILES string of the molecule is C/C=C1\CN(C(=O)c2ccccc2)C(C)(C(=O)OC)C=C1/C=C/C=C\C(=O)O. The van der Waals surface area contributed by atoms with Crippen LogP contribution in [0.15, 0.2) is 77.9 Å². The number of allylic oxidation sites excluding steroid dienone is 4. The van der Waals surface area contributed by atoms with E-state index in [4.69, 9.17) is 9.84 Å². The van der Waals surface area contributed by atoms with Crippen molar-refractivity contribution < 1.29 is 24.2 Å². The third-order valence-corrected chi connectivity index (χ3v) is 4.54. The van der Waals surface area contributed by atoms with Crippen LogP contribution in [0.5, 0.6) is 0 Å². The zero-order chi connectivity index (χ0) is 20.7. The van der Waals surface area contributed by atoms with E-state index in [1.165, 1.54) is 18.1 Å². The lowest BCUT2D eigenvalue weighted by atomic mass is 9.86. The van der Waals surface area contributed by atoms with Gasteiger partial charge in [0.1, 0.15) is 0 Å². The summed E-state index contributed by atoms with van der Waals surface area (Å²) in [6.45, 7) is 3.69. The molecule has 1 aliphatic heterocycles. The van der Waals surface area contributed by atoms with Crippen molar-refractivity contribution in [2.24, 2.45) is 0 Å². The number of rotatable bonds is 5. The smallest absolute Gasteiger partial charge is 0.335 e. The molecule has 146 valence electrons. The standard InChI is InChI=1S/C22H23NO5/c1-4-16-15-23(20(26)17-10-6-5-7-11-17)22(2,21(27)28-3)14-18(16)12-8-9-13-19(24)25/h4-14H,15H2,1-3H3,(H,24,25)/b12-8+,13-9-,16-4+. The second-order valence-corrected chi connectivity index (χ2v) is 6.37. The van der Waals surface area contributed by atoms with Gasteiger partial charge in [0.15, 0.2) is 5.54 Å². The van der Waals surface area contributed by atoms with Crippen molar-refractivity contribution in [2.75, 3.05) is 13.7 Å². The molecule has 2 rings (SSSR count). The minimum Gasteiger partial charge on any atom is -0.478 e. The fourth-order valence-electron chi connectivity index (χ4n) is 3.00. The third-order valence-electron chi connectivity index (χ3n) is 4.54. The molecule has 0 aliphatic carbocycles. The molecule has 0 fully saturated rings. The number of carbonyl (C=O) groups is 3. The van der Waals surface area contributed by atoms with E-state index in [0.29, 0.717) is 5.56 Å². The molecule has 1 atom stereocenters. The van der Waals surface area contributed by atoms with Gasteiger partial charge >= 0.3 is 11.9 Å². The summed E-state index contributed by atoms with van der Waals surface area (Å²) in [6, 6.07) is 8.75. The topological polar surface area (TPSA) is 83.9 Å². The summed E-state index contributed by atoms with van der Waals surface area (Å²) in [6.07, 6.45) is 9.23. The van der Waals surface area contributed by atoms with Gasteiger partial charge in [-0.05, 0) is 43.2 Å². The molecule has 0 radical (unpaired) electrons. The van der Waals surface area contributed by atoms with Crippen LogP contribution in [0.25, 0.3) is 0 Å². The van der Waals surface area contributed by atoms with Gasteiger partial charge in [0.05, 0.1) is 7.11 Å². The molecule has 28 heavy (non-hydrogen) atoms. The number of carbonyl (C=O) groups excluding carboxylic acids is 2. The maximum atomic E-state index is 13.1. The average Bonchev–Trinajstić information content (AvgIpc) is 2.70. The summed E-state index contributed by atoms with van der Waals surface area (Å²) in [5.74, 6) is -1.88. The fraction of sp³-hybridized carbons (Fsp3) is 0.227. The number of carboxylic acids is 1. The van der Waals surface area contributed by atoms with Crippen LogP contribution in [0.2, 0.25) is 0 Å². The van der Waals surface area contributed by atoms with Gasteiger partial charge in [-0.15, -0.1) is 0 Å². The first kappa shape index (κ1) is 20.9. The molecule has 1 amide bonds. The molecule has 1 unspecified atom stereocenters. The first-order valence-corrected chi connectivity index (χ1v) is 8.75. The van der Waals surface area contributed by atoms with Crippen LogP contribution in [0.1, 0.15) is 24.2 Å². The molecule has 0 bridgehead atoms. The number of aliphatic carboxylic acids is 1. The molecule has 1 heterocycles. The molecule has 0 aromatic heterocycles. The predicted octanol–water partition coefficient (Wildman–Crippen LogP) is 3.14. The minimum absolute atomic E-state index is 0.217. The highest BCUT2D eigenvalue weighted by atomic mass is 16.5. The molecule has 1 aliphatic rings. The highest BCUT2D eigenvalue weighted by Crippen LogP contribution is 2.32. The Hall–Kier alpha value is -3.41. The van der Waals surface area contributed by atoms with E-state index in [0.717, 1.165) is 17.2 Å². The molecule has 0 spiro atoms. The van der Waals surface area contributed by atoms with Gasteiger partial charge in [-0.3, -0.25) is 4.79 Å². The molecule has 0 saturated heterocycles. The minimum atomic E-state index is -1.30. The van der Waals surface area contributed by atoms with Crippen LogP contribution in [0.4, 0.5) is 0 Å². The Morgan fingerprint density at radius 3 is 2.43 bits per heavy atom. The predicted molar refractivity (Wildman–Crippen MR) is 106 cm³/mol. The van der Waals surface area contributed by atoms with Gasteiger partial charge in [0.2, 0.25) is 0 Å². The maximum Gasteiger partial charge on any atom is 0.335 e. The third kappa shape index (κ3) is 4.46. The van der Waals surface area contributed by atoms with Crippen molar-refractivity contribution in [2.45, 2.75) is 19.4 Å². The van der Waals surface area contributed by atoms with E-state index < -0.39 is 17.5 Å². The lowest BCUT2D eigenvalue weighted by Crippen LogP contribution is -2.57. The second-order valence-electron chi connectivity index (χ2n) is 6.37. The van der Waals surface area contributed by atoms with E-state index in [2.05, 4.69) is 0 Å². The Kier molecular flexibility index (Phi) is 6.71. The molecule has 1 N–H and O–H groups in total. The Bertz CT molecular complexity index is 879. The number of amides is 1. The number of hydrogen-bond acceptors (Lipinski definition) is 4. The monoisotopic (exact) mass is 381 g/mol. The number of esters is 1.